The first-order chi connectivity index (χ1) is 20.1. The monoisotopic (exact) mass is 547 g/mol. The van der Waals surface area contributed by atoms with Crippen LogP contribution >= 0.6 is 0 Å². The molecule has 1 aromatic heterocycles. The first-order valence-electron chi connectivity index (χ1n) is 15.0. The second kappa shape index (κ2) is 12.5. The molecule has 0 aliphatic carbocycles. The minimum absolute atomic E-state index is 0.0444. The number of carbonyl (C=O) groups is 1. The minimum Gasteiger partial charge on any atom is -0.345 e. The van der Waals surface area contributed by atoms with Crippen LogP contribution in [0.2, 0.25) is 0 Å². The van der Waals surface area contributed by atoms with Crippen LogP contribution in [0.1, 0.15) is 47.3 Å². The number of amides is 1. The Kier molecular flexibility index (Phi) is 8.42. The van der Waals surface area contributed by atoms with Crippen molar-refractivity contribution in [2.24, 2.45) is 0 Å². The first kappa shape index (κ1) is 27.6. The molecular weight excluding hydrogens is 506 g/mol. The van der Waals surface area contributed by atoms with Crippen LogP contribution in [0, 0.1) is 0 Å². The molecule has 0 radical (unpaired) electrons. The van der Waals surface area contributed by atoms with E-state index in [2.05, 4.69) is 58.3 Å². The number of rotatable bonds is 7. The highest BCUT2D eigenvalue weighted by molar-refractivity contribution is 6.09. The van der Waals surface area contributed by atoms with Crippen molar-refractivity contribution in [1.82, 2.24) is 25.0 Å². The van der Waals surface area contributed by atoms with Crippen molar-refractivity contribution in [3.05, 3.63) is 102 Å². The van der Waals surface area contributed by atoms with E-state index in [1.165, 1.54) is 25.9 Å². The van der Waals surface area contributed by atoms with Gasteiger partial charge >= 0.3 is 0 Å². The topological polar surface area (TPSA) is 51.7 Å². The number of nitrogens with zero attached hydrogens (tertiary/aromatic N) is 4. The van der Waals surface area contributed by atoms with Gasteiger partial charge in [-0.15, -0.1) is 0 Å². The van der Waals surface area contributed by atoms with E-state index in [1.807, 2.05) is 60.7 Å². The van der Waals surface area contributed by atoms with Gasteiger partial charge in [-0.3, -0.25) is 14.6 Å². The summed E-state index contributed by atoms with van der Waals surface area (Å²) in [7, 11) is 2.23. The number of hydrogen-bond donors (Lipinski definition) is 1. The van der Waals surface area contributed by atoms with Crippen molar-refractivity contribution in [2.45, 2.75) is 38.4 Å². The smallest absolute Gasteiger partial charge is 0.252 e. The molecule has 2 fully saturated rings. The summed E-state index contributed by atoms with van der Waals surface area (Å²) >= 11 is 0. The van der Waals surface area contributed by atoms with Crippen LogP contribution in [-0.2, 0) is 6.54 Å². The molecule has 1 unspecified atom stereocenters. The number of para-hydroxylation sites is 1. The summed E-state index contributed by atoms with van der Waals surface area (Å²) < 4.78 is 0. The predicted molar refractivity (Wildman–Crippen MR) is 167 cm³/mol. The van der Waals surface area contributed by atoms with Crippen molar-refractivity contribution < 1.29 is 4.79 Å². The first-order valence-corrected chi connectivity index (χ1v) is 15.0. The van der Waals surface area contributed by atoms with Crippen LogP contribution < -0.4 is 5.32 Å². The lowest BCUT2D eigenvalue weighted by atomic mass is 9.94. The second-order valence-corrected chi connectivity index (χ2v) is 11.6. The Hall–Kier alpha value is -3.58. The Morgan fingerprint density at radius 3 is 2.20 bits per heavy atom. The van der Waals surface area contributed by atoms with E-state index < -0.39 is 0 Å². The van der Waals surface area contributed by atoms with E-state index >= 15 is 0 Å². The lowest BCUT2D eigenvalue weighted by Crippen LogP contribution is -2.52. The molecule has 212 valence electrons. The third-order valence-electron chi connectivity index (χ3n) is 8.91. The third kappa shape index (κ3) is 6.20. The molecule has 3 aromatic carbocycles. The zero-order chi connectivity index (χ0) is 28.2. The van der Waals surface area contributed by atoms with Gasteiger partial charge in [-0.2, -0.15) is 0 Å². The van der Waals surface area contributed by atoms with Gasteiger partial charge in [-0.25, -0.2) is 4.98 Å². The van der Waals surface area contributed by atoms with Crippen LogP contribution in [0.15, 0.2) is 84.9 Å². The number of piperidine rings is 1. The van der Waals surface area contributed by atoms with Gasteiger partial charge in [0.25, 0.3) is 5.91 Å². The highest BCUT2D eigenvalue weighted by Gasteiger charge is 2.29. The maximum atomic E-state index is 14.2. The normalized spacial score (nSPS) is 18.4. The summed E-state index contributed by atoms with van der Waals surface area (Å²) in [6, 6.07) is 29.2. The lowest BCUT2D eigenvalue weighted by molar-refractivity contribution is 0.0617. The molecule has 2 aliphatic rings. The van der Waals surface area contributed by atoms with Crippen LogP contribution in [0.4, 0.5) is 0 Å². The maximum absolute atomic E-state index is 14.2. The molecule has 2 aliphatic heterocycles. The van der Waals surface area contributed by atoms with Gasteiger partial charge in [0.05, 0.1) is 22.8 Å². The average Bonchev–Trinajstić information content (AvgIpc) is 3.02. The van der Waals surface area contributed by atoms with E-state index in [0.717, 1.165) is 65.0 Å². The Morgan fingerprint density at radius 2 is 1.49 bits per heavy atom. The summed E-state index contributed by atoms with van der Waals surface area (Å²) in [5.41, 5.74) is 5.65. The SMILES string of the molecule is CC(NC(=O)c1c(CN2CCN(C3CCN(C)CC3)CC2)c(-c2ccccc2)nc2ccccc12)c1ccccc1. The van der Waals surface area contributed by atoms with E-state index in [0.29, 0.717) is 12.6 Å². The molecule has 0 bridgehead atoms. The van der Waals surface area contributed by atoms with E-state index in [-0.39, 0.29) is 11.9 Å². The number of carbonyl (C=O) groups excluding carboxylic acids is 1. The van der Waals surface area contributed by atoms with Crippen LogP contribution in [0.25, 0.3) is 22.2 Å². The number of hydrogen-bond acceptors (Lipinski definition) is 5. The standard InChI is InChI=1S/C35H41N5O/c1-26(27-11-5-3-6-12-27)36-35(41)33-30-15-9-10-16-32(30)37-34(28-13-7-4-8-14-28)31(33)25-39-21-23-40(24-22-39)29-17-19-38(2)20-18-29/h3-16,26,29H,17-25H2,1-2H3,(H,36,41). The number of aromatic nitrogens is 1. The van der Waals surface area contributed by atoms with Crippen LogP contribution in [0.5, 0.6) is 0 Å². The zero-order valence-corrected chi connectivity index (χ0v) is 24.3. The van der Waals surface area contributed by atoms with E-state index in [1.54, 1.807) is 0 Å². The fourth-order valence-corrected chi connectivity index (χ4v) is 6.46. The quantitative estimate of drug-likeness (QED) is 0.326. The molecule has 1 N–H and O–H groups in total. The molecule has 6 rings (SSSR count). The summed E-state index contributed by atoms with van der Waals surface area (Å²) in [6.45, 7) is 9.26. The predicted octanol–water partition coefficient (Wildman–Crippen LogP) is 5.60. The van der Waals surface area contributed by atoms with Crippen molar-refractivity contribution in [2.75, 3.05) is 46.3 Å². The van der Waals surface area contributed by atoms with Crippen molar-refractivity contribution in [1.29, 1.82) is 0 Å². The van der Waals surface area contributed by atoms with E-state index in [9.17, 15) is 4.79 Å². The Bertz CT molecular complexity index is 1460. The highest BCUT2D eigenvalue weighted by Crippen LogP contribution is 2.32. The third-order valence-corrected chi connectivity index (χ3v) is 8.91. The Balaban J connectivity index is 1.33. The van der Waals surface area contributed by atoms with Gasteiger partial charge in [0, 0.05) is 55.3 Å². The minimum atomic E-state index is -0.110. The number of benzene rings is 3. The molecule has 1 atom stereocenters. The van der Waals surface area contributed by atoms with Crippen molar-refractivity contribution in [3.63, 3.8) is 0 Å². The summed E-state index contributed by atoms with van der Waals surface area (Å²) in [6.07, 6.45) is 2.51. The number of likely N-dealkylation sites (tertiary alicyclic amines) is 1. The summed E-state index contributed by atoms with van der Waals surface area (Å²) in [5, 5.41) is 4.22. The molecule has 41 heavy (non-hydrogen) atoms. The molecule has 6 heteroatoms. The molecule has 0 saturated carbocycles. The highest BCUT2D eigenvalue weighted by atomic mass is 16.1. The average molecular weight is 548 g/mol. The van der Waals surface area contributed by atoms with E-state index in [4.69, 9.17) is 4.98 Å². The van der Waals surface area contributed by atoms with Gasteiger partial charge in [0.2, 0.25) is 0 Å². The molecule has 4 aromatic rings. The summed E-state index contributed by atoms with van der Waals surface area (Å²) in [5.74, 6) is -0.0444. The number of fused-ring (bicyclic) bond motifs is 1. The van der Waals surface area contributed by atoms with Crippen LogP contribution in [-0.4, -0.2) is 77.9 Å². The van der Waals surface area contributed by atoms with Crippen LogP contribution in [0.3, 0.4) is 0 Å². The number of pyridine rings is 1. The molecule has 6 nitrogen and oxygen atoms in total. The van der Waals surface area contributed by atoms with Gasteiger partial charge in [0.15, 0.2) is 0 Å². The largest absolute Gasteiger partial charge is 0.345 e. The summed E-state index contributed by atoms with van der Waals surface area (Å²) in [4.78, 5) is 27.0. The fraction of sp³-hybridized carbons (Fsp3) is 0.371. The molecule has 3 heterocycles. The number of nitrogens with one attached hydrogen (secondary N) is 1. The molecule has 2 saturated heterocycles. The fourth-order valence-electron chi connectivity index (χ4n) is 6.46. The Labute approximate surface area is 244 Å². The van der Waals surface area contributed by atoms with Gasteiger partial charge in [-0.1, -0.05) is 78.9 Å². The molecule has 1 amide bonds. The number of piperazine rings is 1. The lowest BCUT2D eigenvalue weighted by Gasteiger charge is -2.42. The molecular formula is C35H41N5O. The zero-order valence-electron chi connectivity index (χ0n) is 24.3. The molecule has 0 spiro atoms. The van der Waals surface area contributed by atoms with Crippen molar-refractivity contribution in [3.8, 4) is 11.3 Å². The van der Waals surface area contributed by atoms with Crippen molar-refractivity contribution >= 4 is 16.8 Å². The van der Waals surface area contributed by atoms with Gasteiger partial charge in [0.1, 0.15) is 0 Å². The van der Waals surface area contributed by atoms with Gasteiger partial charge in [-0.05, 0) is 51.5 Å². The Morgan fingerprint density at radius 1 is 0.854 bits per heavy atom. The maximum Gasteiger partial charge on any atom is 0.252 e. The van der Waals surface area contributed by atoms with Gasteiger partial charge < -0.3 is 10.2 Å². The second-order valence-electron chi connectivity index (χ2n) is 11.6.